The van der Waals surface area contributed by atoms with Gasteiger partial charge in [0.25, 0.3) is 0 Å². The molecular weight excluding hydrogens is 376 g/mol. The fourth-order valence-electron chi connectivity index (χ4n) is 3.35. The molecule has 0 saturated heterocycles. The van der Waals surface area contributed by atoms with Crippen molar-refractivity contribution in [1.29, 1.82) is 0 Å². The van der Waals surface area contributed by atoms with Crippen LogP contribution >= 0.6 is 0 Å². The summed E-state index contributed by atoms with van der Waals surface area (Å²) in [6, 6.07) is 10.6. The highest BCUT2D eigenvalue weighted by atomic mass is 16.5. The van der Waals surface area contributed by atoms with Crippen molar-refractivity contribution in [1.82, 2.24) is 19.9 Å². The van der Waals surface area contributed by atoms with Gasteiger partial charge in [-0.1, -0.05) is 31.9 Å². The number of nitrogens with one attached hydrogen (secondary N) is 1. The van der Waals surface area contributed by atoms with Gasteiger partial charge in [-0.3, -0.25) is 4.98 Å². The number of hydrogen-bond donors (Lipinski definition) is 1. The van der Waals surface area contributed by atoms with Gasteiger partial charge in [0.2, 0.25) is 0 Å². The van der Waals surface area contributed by atoms with Gasteiger partial charge < -0.3 is 19.4 Å². The summed E-state index contributed by atoms with van der Waals surface area (Å²) < 4.78 is 13.8. The number of benzene rings is 1. The van der Waals surface area contributed by atoms with Crippen molar-refractivity contribution >= 4 is 0 Å². The lowest BCUT2D eigenvalue weighted by molar-refractivity contribution is 0.266. The van der Waals surface area contributed by atoms with Crippen molar-refractivity contribution < 1.29 is 9.47 Å². The van der Waals surface area contributed by atoms with E-state index >= 15 is 0 Å². The van der Waals surface area contributed by atoms with E-state index in [9.17, 15) is 0 Å². The molecule has 1 unspecified atom stereocenters. The molecule has 2 aromatic heterocycles. The molecule has 6 nitrogen and oxygen atoms in total. The average Bonchev–Trinajstić information content (AvgIpc) is 3.29. The first-order chi connectivity index (χ1) is 14.8. The second-order valence-electron chi connectivity index (χ2n) is 7.23. The maximum atomic E-state index is 5.96. The number of imidazole rings is 1. The van der Waals surface area contributed by atoms with Crippen LogP contribution in [0.5, 0.6) is 11.5 Å². The first-order valence-electron chi connectivity index (χ1n) is 10.8. The Bertz CT molecular complexity index is 853. The highest BCUT2D eigenvalue weighted by molar-refractivity contribution is 5.43. The molecule has 160 valence electrons. The number of unbranched alkanes of at least 4 members (excludes halogenated alkanes) is 1. The minimum absolute atomic E-state index is 0.292. The van der Waals surface area contributed by atoms with E-state index < -0.39 is 0 Å². The molecule has 0 fully saturated rings. The Hall–Kier alpha value is -2.86. The molecule has 0 aliphatic carbocycles. The largest absolute Gasteiger partial charge is 0.490 e. The van der Waals surface area contributed by atoms with Gasteiger partial charge in [0.15, 0.2) is 11.5 Å². The SMILES string of the molecule is CCCCC(NCc1ccc(OCCn2ccnc2)c(OCC)c1)c1cccnc1. The summed E-state index contributed by atoms with van der Waals surface area (Å²) in [5.41, 5.74) is 2.40. The second-order valence-corrected chi connectivity index (χ2v) is 7.23. The lowest BCUT2D eigenvalue weighted by atomic mass is 10.0. The zero-order valence-electron chi connectivity index (χ0n) is 18.0. The van der Waals surface area contributed by atoms with Crippen LogP contribution in [0.4, 0.5) is 0 Å². The third-order valence-electron chi connectivity index (χ3n) is 4.96. The molecule has 0 bridgehead atoms. The van der Waals surface area contributed by atoms with Gasteiger partial charge in [-0.25, -0.2) is 4.98 Å². The van der Waals surface area contributed by atoms with Crippen LogP contribution in [0.15, 0.2) is 61.4 Å². The van der Waals surface area contributed by atoms with Gasteiger partial charge in [-0.2, -0.15) is 0 Å². The van der Waals surface area contributed by atoms with E-state index in [0.717, 1.165) is 31.0 Å². The van der Waals surface area contributed by atoms with Gasteiger partial charge >= 0.3 is 0 Å². The molecule has 30 heavy (non-hydrogen) atoms. The quantitative estimate of drug-likeness (QED) is 0.441. The van der Waals surface area contributed by atoms with Crippen molar-refractivity contribution in [3.63, 3.8) is 0 Å². The maximum absolute atomic E-state index is 5.96. The van der Waals surface area contributed by atoms with Gasteiger partial charge in [0.1, 0.15) is 6.61 Å². The first-order valence-corrected chi connectivity index (χ1v) is 10.8. The minimum atomic E-state index is 0.292. The average molecular weight is 409 g/mol. The number of ether oxygens (including phenoxy) is 2. The zero-order chi connectivity index (χ0) is 21.0. The molecule has 1 atom stereocenters. The van der Waals surface area contributed by atoms with Crippen molar-refractivity contribution in [3.8, 4) is 11.5 Å². The van der Waals surface area contributed by atoms with Crippen molar-refractivity contribution in [2.45, 2.75) is 52.2 Å². The van der Waals surface area contributed by atoms with E-state index in [1.165, 1.54) is 24.0 Å². The number of pyridine rings is 1. The molecule has 0 aliphatic rings. The van der Waals surface area contributed by atoms with Gasteiger partial charge in [-0.15, -0.1) is 0 Å². The highest BCUT2D eigenvalue weighted by Crippen LogP contribution is 2.29. The molecule has 2 heterocycles. The molecule has 6 heteroatoms. The van der Waals surface area contributed by atoms with Crippen LogP contribution < -0.4 is 14.8 Å². The number of aromatic nitrogens is 3. The van der Waals surface area contributed by atoms with Crippen molar-refractivity contribution in [3.05, 3.63) is 72.6 Å². The summed E-state index contributed by atoms with van der Waals surface area (Å²) >= 11 is 0. The van der Waals surface area contributed by atoms with Crippen LogP contribution in [0.1, 0.15) is 50.3 Å². The Morgan fingerprint density at radius 3 is 2.73 bits per heavy atom. The van der Waals surface area contributed by atoms with Crippen LogP contribution in [0.3, 0.4) is 0 Å². The molecule has 0 amide bonds. The second kappa shape index (κ2) is 12.0. The summed E-state index contributed by atoms with van der Waals surface area (Å²) in [6.45, 7) is 6.89. The standard InChI is InChI=1S/C24H32N4O2/c1-3-5-8-22(21-7-6-11-25-18-21)27-17-20-9-10-23(24(16-20)29-4-2)30-15-14-28-13-12-26-19-28/h6-7,9-13,16,18-19,22,27H,3-5,8,14-15,17H2,1-2H3. The summed E-state index contributed by atoms with van der Waals surface area (Å²) in [5.74, 6) is 1.56. The van der Waals surface area contributed by atoms with Crippen molar-refractivity contribution in [2.75, 3.05) is 13.2 Å². The van der Waals surface area contributed by atoms with Crippen molar-refractivity contribution in [2.24, 2.45) is 0 Å². The lowest BCUT2D eigenvalue weighted by Crippen LogP contribution is -2.21. The molecular formula is C24H32N4O2. The molecule has 3 aromatic rings. The smallest absolute Gasteiger partial charge is 0.161 e. The Labute approximate surface area is 179 Å². The Morgan fingerprint density at radius 1 is 1.07 bits per heavy atom. The Kier molecular flexibility index (Phi) is 8.72. The molecule has 0 spiro atoms. The fourth-order valence-corrected chi connectivity index (χ4v) is 3.35. The topological polar surface area (TPSA) is 61.2 Å². The maximum Gasteiger partial charge on any atom is 0.161 e. The predicted octanol–water partition coefficient (Wildman–Crippen LogP) is 4.78. The molecule has 0 radical (unpaired) electrons. The predicted molar refractivity (Wildman–Crippen MR) is 119 cm³/mol. The van der Waals surface area contributed by atoms with Gasteiger partial charge in [0, 0.05) is 37.4 Å². The van der Waals surface area contributed by atoms with Crippen LogP contribution in [0.25, 0.3) is 0 Å². The molecule has 1 N–H and O–H groups in total. The van der Waals surface area contributed by atoms with Crippen LogP contribution in [0, 0.1) is 0 Å². The van der Waals surface area contributed by atoms with E-state index in [1.807, 2.05) is 42.2 Å². The molecule has 0 saturated carbocycles. The summed E-state index contributed by atoms with van der Waals surface area (Å²) in [5, 5.41) is 3.69. The highest BCUT2D eigenvalue weighted by Gasteiger charge is 2.12. The summed E-state index contributed by atoms with van der Waals surface area (Å²) in [7, 11) is 0. The molecule has 0 aliphatic heterocycles. The van der Waals surface area contributed by atoms with Gasteiger partial charge in [-0.05, 0) is 42.7 Å². The summed E-state index contributed by atoms with van der Waals surface area (Å²) in [4.78, 5) is 8.34. The minimum Gasteiger partial charge on any atom is -0.490 e. The van der Waals surface area contributed by atoms with E-state index in [-0.39, 0.29) is 0 Å². The summed E-state index contributed by atoms with van der Waals surface area (Å²) in [6.07, 6.45) is 12.7. The molecule has 1 aromatic carbocycles. The Balaban J connectivity index is 1.62. The molecule has 3 rings (SSSR count). The van der Waals surface area contributed by atoms with Crippen LogP contribution in [0.2, 0.25) is 0 Å². The fraction of sp³-hybridized carbons (Fsp3) is 0.417. The van der Waals surface area contributed by atoms with Crippen LogP contribution in [-0.4, -0.2) is 27.7 Å². The number of nitrogens with zero attached hydrogens (tertiary/aromatic N) is 3. The normalized spacial score (nSPS) is 11.9. The zero-order valence-corrected chi connectivity index (χ0v) is 18.0. The first kappa shape index (κ1) is 21.8. The van der Waals surface area contributed by atoms with Gasteiger partial charge in [0.05, 0.1) is 19.5 Å². The number of hydrogen-bond acceptors (Lipinski definition) is 5. The lowest BCUT2D eigenvalue weighted by Gasteiger charge is -2.19. The monoisotopic (exact) mass is 408 g/mol. The number of rotatable bonds is 13. The third kappa shape index (κ3) is 6.59. The third-order valence-corrected chi connectivity index (χ3v) is 4.96. The van der Waals surface area contributed by atoms with E-state index in [0.29, 0.717) is 19.3 Å². The van der Waals surface area contributed by atoms with Crippen LogP contribution in [-0.2, 0) is 13.1 Å². The Morgan fingerprint density at radius 2 is 2.00 bits per heavy atom. The van der Waals surface area contributed by atoms with E-state index in [2.05, 4.69) is 40.4 Å². The van der Waals surface area contributed by atoms with E-state index in [1.54, 1.807) is 12.5 Å². The van der Waals surface area contributed by atoms with E-state index in [4.69, 9.17) is 9.47 Å².